The lowest BCUT2D eigenvalue weighted by Gasteiger charge is -2.27. The molecule has 3 N–H and O–H groups in total. The Hall–Kier alpha value is -1.88. The van der Waals surface area contributed by atoms with Crippen molar-refractivity contribution < 1.29 is 9.84 Å². The normalized spacial score (nSPS) is 19.4. The van der Waals surface area contributed by atoms with Gasteiger partial charge >= 0.3 is 0 Å². The molecule has 8 nitrogen and oxygen atoms in total. The molecular weight excluding hydrogens is 483 g/mol. The van der Waals surface area contributed by atoms with Crippen molar-refractivity contribution in [2.24, 2.45) is 12.0 Å². The van der Waals surface area contributed by atoms with Crippen molar-refractivity contribution in [3.63, 3.8) is 0 Å². The summed E-state index contributed by atoms with van der Waals surface area (Å²) >= 11 is 0. The zero-order chi connectivity index (χ0) is 19.9. The summed E-state index contributed by atoms with van der Waals surface area (Å²) in [5, 5.41) is 24.9. The maximum Gasteiger partial charge on any atom is 0.192 e. The molecule has 1 aromatic heterocycles. The lowest BCUT2D eigenvalue weighted by atomic mass is 9.93. The minimum absolute atomic E-state index is 0. The number of nitrogens with one attached hydrogen (secondary N) is 2. The average molecular weight is 514 g/mol. The first-order chi connectivity index (χ1) is 13.5. The number of aliphatic hydroxyl groups excluding tert-OH is 1. The molecule has 0 spiro atoms. The summed E-state index contributed by atoms with van der Waals surface area (Å²) < 4.78 is 7.17. The zero-order valence-electron chi connectivity index (χ0n) is 17.3. The molecule has 1 heterocycles. The lowest BCUT2D eigenvalue weighted by molar-refractivity contribution is 0.120. The van der Waals surface area contributed by atoms with E-state index in [2.05, 4.69) is 20.8 Å². The third kappa shape index (κ3) is 6.84. The van der Waals surface area contributed by atoms with Crippen LogP contribution in [0.1, 0.15) is 42.9 Å². The Kier molecular flexibility index (Phi) is 9.15. The van der Waals surface area contributed by atoms with Crippen LogP contribution in [-0.4, -0.2) is 45.1 Å². The number of guanidine groups is 1. The summed E-state index contributed by atoms with van der Waals surface area (Å²) in [6.45, 7) is 3.04. The van der Waals surface area contributed by atoms with Gasteiger partial charge in [0.1, 0.15) is 11.6 Å². The second-order valence-corrected chi connectivity index (χ2v) is 7.24. The number of hydrogen-bond acceptors (Lipinski definition) is 5. The van der Waals surface area contributed by atoms with Gasteiger partial charge in [-0.2, -0.15) is 0 Å². The molecule has 160 valence electrons. The smallest absolute Gasteiger partial charge is 0.192 e. The van der Waals surface area contributed by atoms with Crippen molar-refractivity contribution in [3.8, 4) is 5.75 Å². The SMILES string of the molecule is COc1ccc(CN=C(NCc2nnc(C)n2C)NC2CCC(O)CC2)cc1.I. The van der Waals surface area contributed by atoms with Crippen LogP contribution in [0, 0.1) is 6.92 Å². The van der Waals surface area contributed by atoms with Gasteiger partial charge in [0.25, 0.3) is 0 Å². The second kappa shape index (κ2) is 11.3. The monoisotopic (exact) mass is 514 g/mol. The number of aromatic nitrogens is 3. The number of aliphatic hydroxyl groups is 1. The highest BCUT2D eigenvalue weighted by Crippen LogP contribution is 2.18. The van der Waals surface area contributed by atoms with Crippen molar-refractivity contribution in [1.82, 2.24) is 25.4 Å². The quantitative estimate of drug-likeness (QED) is 0.311. The summed E-state index contributed by atoms with van der Waals surface area (Å²) in [5.74, 6) is 3.32. The van der Waals surface area contributed by atoms with Crippen molar-refractivity contribution >= 4 is 29.9 Å². The largest absolute Gasteiger partial charge is 0.497 e. The molecule has 0 unspecified atom stereocenters. The number of halogens is 1. The number of aryl methyl sites for hydroxylation is 1. The molecule has 3 rings (SSSR count). The standard InChI is InChI=1S/C20H30N6O2.HI/c1-14-24-25-19(26(14)2)13-22-20(23-16-6-8-17(27)9-7-16)21-12-15-4-10-18(28-3)11-5-15;/h4-5,10-11,16-17,27H,6-9,12-13H2,1-3H3,(H2,21,22,23);1H. The van der Waals surface area contributed by atoms with Crippen LogP contribution < -0.4 is 15.4 Å². The molecule has 1 aliphatic carbocycles. The van der Waals surface area contributed by atoms with Gasteiger partial charge in [-0.3, -0.25) is 0 Å². The molecule has 1 aromatic carbocycles. The van der Waals surface area contributed by atoms with Crippen molar-refractivity contribution in [2.45, 2.75) is 57.8 Å². The van der Waals surface area contributed by atoms with E-state index in [1.807, 2.05) is 42.8 Å². The summed E-state index contributed by atoms with van der Waals surface area (Å²) in [4.78, 5) is 4.75. The van der Waals surface area contributed by atoms with Gasteiger partial charge in [-0.05, 0) is 50.3 Å². The minimum Gasteiger partial charge on any atom is -0.497 e. The average Bonchev–Trinajstić information content (AvgIpc) is 3.04. The maximum absolute atomic E-state index is 9.74. The van der Waals surface area contributed by atoms with E-state index in [-0.39, 0.29) is 30.1 Å². The van der Waals surface area contributed by atoms with Crippen LogP contribution in [-0.2, 0) is 20.1 Å². The summed E-state index contributed by atoms with van der Waals surface area (Å²) in [6, 6.07) is 8.23. The number of hydrogen-bond donors (Lipinski definition) is 3. The van der Waals surface area contributed by atoms with Gasteiger partial charge in [-0.1, -0.05) is 12.1 Å². The Bertz CT molecular complexity index is 785. The molecule has 29 heavy (non-hydrogen) atoms. The fraction of sp³-hybridized carbons (Fsp3) is 0.550. The molecule has 0 aliphatic heterocycles. The zero-order valence-corrected chi connectivity index (χ0v) is 19.6. The van der Waals surface area contributed by atoms with E-state index < -0.39 is 0 Å². The topological polar surface area (TPSA) is 96.6 Å². The molecule has 2 aromatic rings. The van der Waals surface area contributed by atoms with Crippen LogP contribution in [0.25, 0.3) is 0 Å². The van der Waals surface area contributed by atoms with E-state index in [1.54, 1.807) is 7.11 Å². The van der Waals surface area contributed by atoms with Gasteiger partial charge in [-0.25, -0.2) is 4.99 Å². The lowest BCUT2D eigenvalue weighted by Crippen LogP contribution is -2.45. The third-order valence-corrected chi connectivity index (χ3v) is 5.21. The molecule has 9 heteroatoms. The Morgan fingerprint density at radius 3 is 2.48 bits per heavy atom. The van der Waals surface area contributed by atoms with Crippen LogP contribution in [0.5, 0.6) is 5.75 Å². The number of aliphatic imine (C=N–C) groups is 1. The molecule has 0 saturated heterocycles. The predicted octanol–water partition coefficient (Wildman–Crippen LogP) is 2.29. The molecule has 1 fully saturated rings. The Morgan fingerprint density at radius 2 is 1.90 bits per heavy atom. The summed E-state index contributed by atoms with van der Waals surface area (Å²) in [6.07, 6.45) is 3.35. The van der Waals surface area contributed by atoms with E-state index >= 15 is 0 Å². The number of rotatable bonds is 6. The number of benzene rings is 1. The number of nitrogens with zero attached hydrogens (tertiary/aromatic N) is 4. The van der Waals surface area contributed by atoms with Gasteiger partial charge in [0.05, 0.1) is 26.3 Å². The van der Waals surface area contributed by atoms with Gasteiger partial charge in [-0.15, -0.1) is 34.2 Å². The van der Waals surface area contributed by atoms with Crippen LogP contribution in [0.4, 0.5) is 0 Å². The van der Waals surface area contributed by atoms with E-state index in [0.29, 0.717) is 19.1 Å². The van der Waals surface area contributed by atoms with Crippen LogP contribution >= 0.6 is 24.0 Å². The maximum atomic E-state index is 9.74. The Morgan fingerprint density at radius 1 is 1.21 bits per heavy atom. The molecule has 1 aliphatic rings. The number of ether oxygens (including phenoxy) is 1. The molecule has 0 amide bonds. The molecule has 1 saturated carbocycles. The summed E-state index contributed by atoms with van der Waals surface area (Å²) in [7, 11) is 3.62. The second-order valence-electron chi connectivity index (χ2n) is 7.24. The van der Waals surface area contributed by atoms with Crippen LogP contribution in [0.15, 0.2) is 29.3 Å². The van der Waals surface area contributed by atoms with Gasteiger partial charge < -0.3 is 25.0 Å². The molecule has 0 atom stereocenters. The highest BCUT2D eigenvalue weighted by molar-refractivity contribution is 14.0. The Balaban J connectivity index is 0.00000300. The molecular formula is C20H31IN6O2. The van der Waals surface area contributed by atoms with Crippen molar-refractivity contribution in [2.75, 3.05) is 7.11 Å². The highest BCUT2D eigenvalue weighted by atomic mass is 127. The summed E-state index contributed by atoms with van der Waals surface area (Å²) in [5.41, 5.74) is 1.11. The van der Waals surface area contributed by atoms with E-state index in [4.69, 9.17) is 9.73 Å². The first-order valence-corrected chi connectivity index (χ1v) is 9.76. The molecule has 0 bridgehead atoms. The number of methoxy groups -OCH3 is 1. The van der Waals surface area contributed by atoms with Crippen LogP contribution in [0.2, 0.25) is 0 Å². The first kappa shape index (κ1) is 23.4. The van der Waals surface area contributed by atoms with E-state index in [0.717, 1.165) is 54.6 Å². The first-order valence-electron chi connectivity index (χ1n) is 9.76. The minimum atomic E-state index is -0.174. The van der Waals surface area contributed by atoms with Gasteiger partial charge in [0.15, 0.2) is 11.8 Å². The van der Waals surface area contributed by atoms with Gasteiger partial charge in [0, 0.05) is 13.1 Å². The van der Waals surface area contributed by atoms with Crippen LogP contribution in [0.3, 0.4) is 0 Å². The fourth-order valence-corrected chi connectivity index (χ4v) is 3.24. The van der Waals surface area contributed by atoms with Gasteiger partial charge in [0.2, 0.25) is 0 Å². The molecule has 0 radical (unpaired) electrons. The predicted molar refractivity (Wildman–Crippen MR) is 124 cm³/mol. The Labute approximate surface area is 189 Å². The third-order valence-electron chi connectivity index (χ3n) is 5.21. The van der Waals surface area contributed by atoms with Crippen molar-refractivity contribution in [1.29, 1.82) is 0 Å². The highest BCUT2D eigenvalue weighted by Gasteiger charge is 2.20. The van der Waals surface area contributed by atoms with Crippen molar-refractivity contribution in [3.05, 3.63) is 41.5 Å². The fourth-order valence-electron chi connectivity index (χ4n) is 3.24. The van der Waals surface area contributed by atoms with E-state index in [9.17, 15) is 5.11 Å². The van der Waals surface area contributed by atoms with E-state index in [1.165, 1.54) is 0 Å².